The molecule has 0 aromatic heterocycles. The van der Waals surface area contributed by atoms with E-state index in [-0.39, 0.29) is 11.0 Å². The number of sulfone groups is 1. The Bertz CT molecular complexity index is 479. The molecule has 2 atom stereocenters. The fourth-order valence-electron chi connectivity index (χ4n) is 3.63. The minimum Gasteiger partial charge on any atom is -0.499 e. The van der Waals surface area contributed by atoms with Crippen LogP contribution in [0.15, 0.2) is 11.5 Å². The maximum absolute atomic E-state index is 12.5. The van der Waals surface area contributed by atoms with Gasteiger partial charge in [0.15, 0.2) is 9.84 Å². The molecule has 2 unspecified atom stereocenters. The summed E-state index contributed by atoms with van der Waals surface area (Å²) in [6.45, 7) is 13.3. The van der Waals surface area contributed by atoms with E-state index in [0.717, 1.165) is 29.9 Å². The summed E-state index contributed by atoms with van der Waals surface area (Å²) in [7, 11) is -6.46. The molecule has 21 heavy (non-hydrogen) atoms. The Kier molecular flexibility index (Phi) is 5.95. The molecule has 1 rings (SSSR count). The van der Waals surface area contributed by atoms with Gasteiger partial charge in [0.1, 0.15) is 14.2 Å². The molecule has 124 valence electrons. The zero-order valence-corrected chi connectivity index (χ0v) is 17.5. The van der Waals surface area contributed by atoms with Crippen LogP contribution >= 0.6 is 0 Å². The smallest absolute Gasteiger partial charge is 0.151 e. The van der Waals surface area contributed by atoms with Gasteiger partial charge in [0, 0.05) is 12.7 Å². The molecule has 1 aliphatic rings. The molecule has 0 aliphatic carbocycles. The Morgan fingerprint density at radius 1 is 1.19 bits per heavy atom. The number of ether oxygens (including phenoxy) is 1. The van der Waals surface area contributed by atoms with Gasteiger partial charge in [0.25, 0.3) is 0 Å². The normalized spacial score (nSPS) is 21.9. The first-order chi connectivity index (χ1) is 9.51. The first-order valence-electron chi connectivity index (χ1n) is 8.08. The van der Waals surface area contributed by atoms with Crippen molar-refractivity contribution in [2.75, 3.05) is 6.26 Å². The predicted octanol–water partition coefficient (Wildman–Crippen LogP) is 4.00. The summed E-state index contributed by atoms with van der Waals surface area (Å²) in [4.78, 5) is -0.268. The van der Waals surface area contributed by atoms with Crippen LogP contribution in [-0.4, -0.2) is 41.8 Å². The lowest BCUT2D eigenvalue weighted by atomic mass is 10.3. The Hall–Kier alpha value is -0.0762. The van der Waals surface area contributed by atoms with E-state index in [1.54, 1.807) is 0 Å². The summed E-state index contributed by atoms with van der Waals surface area (Å²) < 4.78 is 31.3. The molecule has 0 amide bonds. The largest absolute Gasteiger partial charge is 0.499 e. The van der Waals surface area contributed by atoms with Crippen molar-refractivity contribution in [3.05, 3.63) is 11.5 Å². The molecule has 0 spiro atoms. The number of rotatable bonds is 7. The lowest BCUT2D eigenvalue weighted by Gasteiger charge is -2.39. The third-order valence-electron chi connectivity index (χ3n) is 5.07. The van der Waals surface area contributed by atoms with Gasteiger partial charge in [-0.05, 0) is 6.08 Å². The van der Waals surface area contributed by atoms with Crippen molar-refractivity contribution in [3.8, 4) is 0 Å². The van der Waals surface area contributed by atoms with Crippen LogP contribution in [0, 0.1) is 0 Å². The second-order valence-corrected chi connectivity index (χ2v) is 20.4. The molecule has 0 saturated carbocycles. The van der Waals surface area contributed by atoms with Crippen molar-refractivity contribution >= 4 is 26.0 Å². The van der Waals surface area contributed by atoms with Gasteiger partial charge in [-0.1, -0.05) is 58.5 Å². The first-order valence-corrected chi connectivity index (χ1v) is 16.2. The fraction of sp³-hybridized carbons (Fsp3) is 0.867. The maximum Gasteiger partial charge on any atom is 0.151 e. The van der Waals surface area contributed by atoms with Crippen LogP contribution in [0.3, 0.4) is 0 Å². The summed E-state index contributed by atoms with van der Waals surface area (Å²) in [5.74, 6) is 0. The lowest BCUT2D eigenvalue weighted by Crippen LogP contribution is -2.56. The van der Waals surface area contributed by atoms with E-state index in [2.05, 4.69) is 46.5 Å². The van der Waals surface area contributed by atoms with Gasteiger partial charge in [-0.2, -0.15) is 0 Å². The molecule has 0 bridgehead atoms. The quantitative estimate of drug-likeness (QED) is 0.653. The van der Waals surface area contributed by atoms with Crippen molar-refractivity contribution in [2.45, 2.75) is 75.9 Å². The van der Waals surface area contributed by atoms with E-state index in [0.29, 0.717) is 0 Å². The molecule has 0 saturated heterocycles. The van der Waals surface area contributed by atoms with Crippen molar-refractivity contribution in [2.24, 2.45) is 0 Å². The lowest BCUT2D eigenvalue weighted by molar-refractivity contribution is 0.166. The minimum atomic E-state index is -3.09. The standard InChI is InChI=1S/C15H32O3SSi2/c1-8-21(9-2,10-3)15(19(4,16)17)13-11-12-14(18-13)20(5,6)7/h12-13,15H,8-11H2,1-7H3. The average molecular weight is 349 g/mol. The summed E-state index contributed by atoms with van der Waals surface area (Å²) >= 11 is 0. The summed E-state index contributed by atoms with van der Waals surface area (Å²) in [5.41, 5.74) is 0. The summed E-state index contributed by atoms with van der Waals surface area (Å²) in [5, 5.41) is 1.09. The SMILES string of the molecule is CC[Si](CC)(CC)C(C1CC=C([Si](C)(C)C)O1)S(C)(=O)=O. The van der Waals surface area contributed by atoms with Gasteiger partial charge < -0.3 is 4.74 Å². The highest BCUT2D eigenvalue weighted by molar-refractivity contribution is 7.93. The van der Waals surface area contributed by atoms with Crippen LogP contribution in [0.5, 0.6) is 0 Å². The highest BCUT2D eigenvalue weighted by Gasteiger charge is 2.49. The van der Waals surface area contributed by atoms with Crippen molar-refractivity contribution in [1.29, 1.82) is 0 Å². The summed E-state index contributed by atoms with van der Waals surface area (Å²) in [6.07, 6.45) is 4.20. The Balaban J connectivity index is 3.15. The highest BCUT2D eigenvalue weighted by atomic mass is 32.2. The molecule has 0 N–H and O–H groups in total. The van der Waals surface area contributed by atoms with Crippen LogP contribution in [0.2, 0.25) is 37.8 Å². The van der Waals surface area contributed by atoms with Gasteiger partial charge in [-0.15, -0.1) is 0 Å². The first kappa shape index (κ1) is 19.0. The Morgan fingerprint density at radius 3 is 1.95 bits per heavy atom. The van der Waals surface area contributed by atoms with Crippen LogP contribution < -0.4 is 0 Å². The second-order valence-electron chi connectivity index (χ2n) is 7.38. The maximum atomic E-state index is 12.5. The van der Waals surface area contributed by atoms with E-state index >= 15 is 0 Å². The molecule has 0 fully saturated rings. The van der Waals surface area contributed by atoms with E-state index in [4.69, 9.17) is 4.74 Å². The minimum absolute atomic E-state index is 0.145. The molecule has 1 aliphatic heterocycles. The van der Waals surface area contributed by atoms with Gasteiger partial charge in [0.05, 0.1) is 18.3 Å². The van der Waals surface area contributed by atoms with E-state index in [1.165, 1.54) is 6.26 Å². The van der Waals surface area contributed by atoms with Gasteiger partial charge in [0.2, 0.25) is 0 Å². The van der Waals surface area contributed by atoms with Gasteiger partial charge in [-0.3, -0.25) is 0 Å². The molecular weight excluding hydrogens is 316 g/mol. The predicted molar refractivity (Wildman–Crippen MR) is 96.7 cm³/mol. The molecule has 6 heteroatoms. The van der Waals surface area contributed by atoms with E-state index in [1.807, 2.05) is 0 Å². The van der Waals surface area contributed by atoms with Crippen molar-refractivity contribution < 1.29 is 13.2 Å². The molecule has 1 heterocycles. The molecule has 0 aromatic carbocycles. The van der Waals surface area contributed by atoms with Crippen LogP contribution in [-0.2, 0) is 14.6 Å². The van der Waals surface area contributed by atoms with Gasteiger partial charge >= 0.3 is 0 Å². The highest BCUT2D eigenvalue weighted by Crippen LogP contribution is 2.37. The Morgan fingerprint density at radius 2 is 1.67 bits per heavy atom. The van der Waals surface area contributed by atoms with E-state index in [9.17, 15) is 8.42 Å². The zero-order chi connectivity index (χ0) is 16.5. The second kappa shape index (κ2) is 6.58. The third kappa shape index (κ3) is 4.02. The van der Waals surface area contributed by atoms with Crippen LogP contribution in [0.1, 0.15) is 27.2 Å². The Labute approximate surface area is 133 Å². The van der Waals surface area contributed by atoms with Gasteiger partial charge in [-0.25, -0.2) is 8.42 Å². The van der Waals surface area contributed by atoms with Crippen molar-refractivity contribution in [3.63, 3.8) is 0 Å². The van der Waals surface area contributed by atoms with E-state index < -0.39 is 26.0 Å². The third-order valence-corrected chi connectivity index (χ3v) is 16.7. The average Bonchev–Trinajstić information content (AvgIpc) is 2.83. The molecule has 0 radical (unpaired) electrons. The molecular formula is C15H32O3SSi2. The monoisotopic (exact) mass is 348 g/mol. The summed E-state index contributed by atoms with van der Waals surface area (Å²) in [6, 6.07) is 3.04. The molecule has 3 nitrogen and oxygen atoms in total. The number of hydrogen-bond donors (Lipinski definition) is 0. The van der Waals surface area contributed by atoms with Crippen molar-refractivity contribution in [1.82, 2.24) is 0 Å². The van der Waals surface area contributed by atoms with Crippen LogP contribution in [0.4, 0.5) is 0 Å². The number of hydrogen-bond acceptors (Lipinski definition) is 3. The molecule has 0 aromatic rings. The zero-order valence-electron chi connectivity index (χ0n) is 14.7. The topological polar surface area (TPSA) is 43.4 Å². The fourth-order valence-corrected chi connectivity index (χ4v) is 14.4. The van der Waals surface area contributed by atoms with Crippen LogP contribution in [0.25, 0.3) is 0 Å².